The molecule has 4 N–H and O–H groups in total. The van der Waals surface area contributed by atoms with Gasteiger partial charge in [0.25, 0.3) is 0 Å². The molecule has 0 atom stereocenters. The zero-order chi connectivity index (χ0) is 32.5. The molecule has 0 unspecified atom stereocenters. The van der Waals surface area contributed by atoms with Crippen molar-refractivity contribution >= 4 is 35.4 Å². The zero-order valence-corrected chi connectivity index (χ0v) is 26.3. The highest BCUT2D eigenvalue weighted by Crippen LogP contribution is 2.29. The van der Waals surface area contributed by atoms with Gasteiger partial charge in [-0.1, -0.05) is 64.1 Å². The minimum atomic E-state index is -0.876. The minimum Gasteiger partial charge on any atom is -0.332 e. The number of nitrogens with zero attached hydrogens (tertiary/aromatic N) is 2. The van der Waals surface area contributed by atoms with Crippen molar-refractivity contribution < 1.29 is 38.5 Å². The van der Waals surface area contributed by atoms with Crippen molar-refractivity contribution in [3.8, 4) is 0 Å². The van der Waals surface area contributed by atoms with Gasteiger partial charge in [0, 0.05) is 0 Å². The Morgan fingerprint density at radius 3 is 1.16 bits per heavy atom. The second-order valence-electron chi connectivity index (χ2n) is 9.21. The van der Waals surface area contributed by atoms with Crippen LogP contribution in [0.5, 0.6) is 0 Å². The summed E-state index contributed by atoms with van der Waals surface area (Å²) in [6, 6.07) is 9.42. The van der Waals surface area contributed by atoms with E-state index in [1.807, 2.05) is 64.1 Å². The van der Waals surface area contributed by atoms with E-state index in [1.165, 1.54) is 0 Å². The number of hydroxylamine groups is 2. The Labute approximate surface area is 258 Å². The number of amides is 4. The highest BCUT2D eigenvalue weighted by Gasteiger charge is 2.28. The smallest absolute Gasteiger partial charge is 0.332 e. The summed E-state index contributed by atoms with van der Waals surface area (Å²) in [5.41, 5.74) is 13.2. The van der Waals surface area contributed by atoms with Crippen molar-refractivity contribution in [1.82, 2.24) is 22.0 Å². The normalized spacial score (nSPS) is 10.6. The number of benzene rings is 2. The number of carbonyl (C=O) groups is 4. The van der Waals surface area contributed by atoms with E-state index in [0.29, 0.717) is 37.1 Å². The first-order valence-corrected chi connectivity index (χ1v) is 14.8. The number of carbonyl (C=O) groups excluding carboxylic acids is 4. The van der Waals surface area contributed by atoms with Gasteiger partial charge in [0.2, 0.25) is 0 Å². The molecule has 0 spiro atoms. The lowest BCUT2D eigenvalue weighted by Crippen LogP contribution is -2.48. The topological polar surface area (TPSA) is 160 Å². The monoisotopic (exact) mass is 616 g/mol. The molecular formula is C30H44N6O8. The molecule has 0 radical (unpaired) electrons. The van der Waals surface area contributed by atoms with Gasteiger partial charge in [0.15, 0.2) is 0 Å². The molecule has 0 aliphatic carbocycles. The second kappa shape index (κ2) is 19.1. The van der Waals surface area contributed by atoms with Crippen molar-refractivity contribution in [2.24, 2.45) is 0 Å². The third-order valence-corrected chi connectivity index (χ3v) is 6.37. The number of hydrogen-bond donors (Lipinski definition) is 4. The number of aryl methyl sites for hydroxylation is 4. The van der Waals surface area contributed by atoms with Crippen LogP contribution in [0.25, 0.3) is 0 Å². The molecule has 2 rings (SSSR count). The summed E-state index contributed by atoms with van der Waals surface area (Å²) in [7, 11) is 0. The Kier molecular flexibility index (Phi) is 15.6. The van der Waals surface area contributed by atoms with E-state index in [0.717, 1.165) is 32.4 Å². The van der Waals surface area contributed by atoms with E-state index in [1.54, 1.807) is 13.8 Å². The molecule has 0 saturated heterocycles. The molecule has 0 heterocycles. The molecule has 0 aliphatic heterocycles. The first-order chi connectivity index (χ1) is 21.3. The molecule has 0 saturated carbocycles. The Morgan fingerprint density at radius 1 is 0.568 bits per heavy atom. The predicted molar refractivity (Wildman–Crippen MR) is 163 cm³/mol. The van der Waals surface area contributed by atoms with Gasteiger partial charge in [-0.2, -0.15) is 0 Å². The maximum absolute atomic E-state index is 13.1. The number of anilines is 2. The van der Waals surface area contributed by atoms with Crippen LogP contribution < -0.4 is 32.2 Å². The van der Waals surface area contributed by atoms with Crippen LogP contribution in [0.4, 0.5) is 21.0 Å². The van der Waals surface area contributed by atoms with Gasteiger partial charge in [0.05, 0.1) is 37.4 Å². The van der Waals surface area contributed by atoms with Crippen LogP contribution in [0.1, 0.15) is 76.6 Å². The summed E-state index contributed by atoms with van der Waals surface area (Å²) in [5, 5.41) is 1.70. The summed E-state index contributed by atoms with van der Waals surface area (Å²) in [5.74, 6) is -1.75. The molecule has 4 amide bonds. The Morgan fingerprint density at radius 2 is 0.886 bits per heavy atom. The fourth-order valence-corrected chi connectivity index (χ4v) is 4.23. The molecule has 14 nitrogen and oxygen atoms in total. The second-order valence-corrected chi connectivity index (χ2v) is 9.21. The maximum atomic E-state index is 13.1. The van der Waals surface area contributed by atoms with Crippen LogP contribution in [0.2, 0.25) is 0 Å². The third-order valence-electron chi connectivity index (χ3n) is 6.37. The summed E-state index contributed by atoms with van der Waals surface area (Å²) in [4.78, 5) is 73.1. The summed E-state index contributed by atoms with van der Waals surface area (Å²) in [6.07, 6.45) is 1.35. The molecule has 242 valence electrons. The van der Waals surface area contributed by atoms with Crippen LogP contribution in [-0.4, -0.2) is 37.2 Å². The largest absolute Gasteiger partial charge is 0.371 e. The van der Waals surface area contributed by atoms with Crippen molar-refractivity contribution in [1.29, 1.82) is 0 Å². The maximum Gasteiger partial charge on any atom is 0.371 e. The SMILES string of the molecule is CCONNC(=O)N(OC(=O)CCC(=O)ON(C(=O)NNOCC)c1c(CC)cccc1CC)c1c(CC)cccc1CC. The summed E-state index contributed by atoms with van der Waals surface area (Å²) in [6.45, 7) is 11.6. The van der Waals surface area contributed by atoms with Crippen molar-refractivity contribution in [3.63, 3.8) is 0 Å². The molecule has 14 heteroatoms. The molecule has 0 bridgehead atoms. The molecule has 44 heavy (non-hydrogen) atoms. The van der Waals surface area contributed by atoms with Crippen LogP contribution in [0.15, 0.2) is 36.4 Å². The van der Waals surface area contributed by atoms with Gasteiger partial charge < -0.3 is 9.68 Å². The first-order valence-electron chi connectivity index (χ1n) is 14.8. The zero-order valence-electron chi connectivity index (χ0n) is 26.3. The average molecular weight is 617 g/mol. The molecule has 2 aromatic carbocycles. The standard InChI is InChI=1S/C30H44N6O8/c1-7-21-15-13-16-22(8-2)27(21)35(29(39)31-33-41-11-5)43-25(37)19-20-26(38)44-36(30(40)32-34-42-12-6)28-23(9-3)17-14-18-24(28)10-4/h13-18,33-34H,7-12,19-20H2,1-6H3,(H,31,39)(H,32,40). The molecular weight excluding hydrogens is 572 g/mol. The van der Waals surface area contributed by atoms with Crippen LogP contribution in [0, 0.1) is 0 Å². The quantitative estimate of drug-likeness (QED) is 0.168. The molecule has 0 fully saturated rings. The number of hydrogen-bond acceptors (Lipinski definition) is 10. The summed E-state index contributed by atoms with van der Waals surface area (Å²) < 4.78 is 0. The van der Waals surface area contributed by atoms with Crippen LogP contribution in [-0.2, 0) is 54.6 Å². The van der Waals surface area contributed by atoms with Crippen molar-refractivity contribution in [2.45, 2.75) is 80.1 Å². The number of hydrazine groups is 2. The fourth-order valence-electron chi connectivity index (χ4n) is 4.23. The Hall–Kier alpha value is -4.24. The van der Waals surface area contributed by atoms with Crippen molar-refractivity contribution in [2.75, 3.05) is 23.3 Å². The highest BCUT2D eigenvalue weighted by atomic mass is 16.7. The van der Waals surface area contributed by atoms with Gasteiger partial charge >= 0.3 is 24.0 Å². The van der Waals surface area contributed by atoms with Crippen molar-refractivity contribution in [3.05, 3.63) is 58.7 Å². The van der Waals surface area contributed by atoms with Gasteiger partial charge in [-0.05, 0) is 61.8 Å². The lowest BCUT2D eigenvalue weighted by Gasteiger charge is -2.26. The summed E-state index contributed by atoms with van der Waals surface area (Å²) >= 11 is 0. The van der Waals surface area contributed by atoms with Gasteiger partial charge in [-0.15, -0.1) is 21.3 Å². The Bertz CT molecular complexity index is 1120. The van der Waals surface area contributed by atoms with E-state index in [9.17, 15) is 19.2 Å². The fraction of sp³-hybridized carbons (Fsp3) is 0.467. The van der Waals surface area contributed by atoms with E-state index in [-0.39, 0.29) is 13.2 Å². The van der Waals surface area contributed by atoms with E-state index >= 15 is 0 Å². The number of rotatable bonds is 15. The van der Waals surface area contributed by atoms with E-state index in [4.69, 9.17) is 19.4 Å². The van der Waals surface area contributed by atoms with E-state index < -0.39 is 36.8 Å². The third kappa shape index (κ3) is 10.2. The lowest BCUT2D eigenvalue weighted by molar-refractivity contribution is -0.150. The van der Waals surface area contributed by atoms with Gasteiger partial charge in [0.1, 0.15) is 0 Å². The average Bonchev–Trinajstić information content (AvgIpc) is 3.04. The predicted octanol–water partition coefficient (Wildman–Crippen LogP) is 4.28. The molecule has 2 aromatic rings. The highest BCUT2D eigenvalue weighted by molar-refractivity contribution is 5.95. The number of urea groups is 2. The minimum absolute atomic E-state index is 0.271. The Balaban J connectivity index is 2.25. The van der Waals surface area contributed by atoms with Gasteiger partial charge in [-0.3, -0.25) is 9.68 Å². The van der Waals surface area contributed by atoms with Crippen LogP contribution >= 0.6 is 0 Å². The lowest BCUT2D eigenvalue weighted by atomic mass is 10.0. The van der Waals surface area contributed by atoms with Crippen LogP contribution in [0.3, 0.4) is 0 Å². The van der Waals surface area contributed by atoms with E-state index in [2.05, 4.69) is 22.0 Å². The van der Waals surface area contributed by atoms with Gasteiger partial charge in [-0.25, -0.2) is 30.0 Å². The first kappa shape index (κ1) is 36.0. The molecule has 0 aliphatic rings. The number of nitrogens with one attached hydrogen (secondary N) is 4. The molecule has 0 aromatic heterocycles. The number of para-hydroxylation sites is 2.